The second-order valence-corrected chi connectivity index (χ2v) is 13.2. The van der Waals surface area contributed by atoms with E-state index < -0.39 is 10.3 Å². The van der Waals surface area contributed by atoms with Gasteiger partial charge in [0, 0.05) is 29.1 Å². The number of hydrogen-bond acceptors (Lipinski definition) is 4. The molecule has 3 fully saturated rings. The molecular weight excluding hydrogens is 440 g/mol. The van der Waals surface area contributed by atoms with Crippen molar-refractivity contribution in [2.75, 3.05) is 32.7 Å². The molecule has 5 atom stereocenters. The normalized spacial score (nSPS) is 25.8. The van der Waals surface area contributed by atoms with E-state index in [9.17, 15) is 0 Å². The van der Waals surface area contributed by atoms with Gasteiger partial charge < -0.3 is 8.92 Å². The zero-order valence-corrected chi connectivity index (χ0v) is 21.6. The summed E-state index contributed by atoms with van der Waals surface area (Å²) >= 11 is 0. The van der Waals surface area contributed by atoms with Crippen LogP contribution in [0.25, 0.3) is 10.9 Å². The maximum Gasteiger partial charge on any atom is 0.119 e. The first-order valence-corrected chi connectivity index (χ1v) is 14.5. The smallest absolute Gasteiger partial charge is 0.119 e. The molecule has 34 heavy (non-hydrogen) atoms. The molecule has 0 radical (unpaired) electrons. The third-order valence-electron chi connectivity index (χ3n) is 7.73. The van der Waals surface area contributed by atoms with Crippen LogP contribution in [0.2, 0.25) is 0 Å². The molecule has 0 aliphatic carbocycles. The number of piperidine rings is 3. The molecule has 1 aromatic heterocycles. The molecule has 2 aromatic carbocycles. The van der Waals surface area contributed by atoms with E-state index in [1.54, 1.807) is 7.11 Å². The van der Waals surface area contributed by atoms with Crippen molar-refractivity contribution in [2.24, 2.45) is 11.8 Å². The van der Waals surface area contributed by atoms with Crippen LogP contribution in [-0.2, 0) is 4.18 Å². The summed E-state index contributed by atoms with van der Waals surface area (Å²) in [7, 11) is 0.227. The molecule has 0 N–H and O–H groups in total. The van der Waals surface area contributed by atoms with Crippen molar-refractivity contribution in [3.05, 3.63) is 78.5 Å². The molecule has 3 saturated heterocycles. The molecule has 0 spiro atoms. The minimum Gasteiger partial charge on any atom is -0.497 e. The van der Waals surface area contributed by atoms with Gasteiger partial charge in [0.15, 0.2) is 0 Å². The molecule has 180 valence electrons. The zero-order valence-electron chi connectivity index (χ0n) is 20.7. The van der Waals surface area contributed by atoms with Crippen LogP contribution >= 0.6 is 10.3 Å². The summed E-state index contributed by atoms with van der Waals surface area (Å²) in [6.45, 7) is 8.46. The van der Waals surface area contributed by atoms with Crippen LogP contribution in [0.5, 0.6) is 5.75 Å². The van der Waals surface area contributed by atoms with E-state index in [0.717, 1.165) is 36.2 Å². The molecule has 4 unspecified atom stereocenters. The van der Waals surface area contributed by atoms with Gasteiger partial charge in [-0.05, 0) is 92.6 Å². The topological polar surface area (TPSA) is 34.6 Å². The highest BCUT2D eigenvalue weighted by molar-refractivity contribution is 8.28. The third kappa shape index (κ3) is 4.37. The fraction of sp³-hybridized carbons (Fsp3) is 0.414. The average molecular weight is 477 g/mol. The Kier molecular flexibility index (Phi) is 6.45. The van der Waals surface area contributed by atoms with Crippen molar-refractivity contribution < 1.29 is 8.92 Å². The van der Waals surface area contributed by atoms with Gasteiger partial charge in [0.05, 0.1) is 12.6 Å². The molecular formula is C29H36N2O2S. The Morgan fingerprint density at radius 2 is 1.94 bits per heavy atom. The second-order valence-electron chi connectivity index (χ2n) is 10.1. The van der Waals surface area contributed by atoms with Gasteiger partial charge in [-0.25, -0.2) is 0 Å². The summed E-state index contributed by atoms with van der Waals surface area (Å²) < 4.78 is 12.8. The van der Waals surface area contributed by atoms with Gasteiger partial charge in [0.2, 0.25) is 0 Å². The van der Waals surface area contributed by atoms with Crippen LogP contribution in [0.15, 0.2) is 72.3 Å². The Hall–Kier alpha value is -2.34. The van der Waals surface area contributed by atoms with Gasteiger partial charge in [-0.15, -0.1) is 16.9 Å². The Balaban J connectivity index is 1.59. The molecule has 3 aromatic rings. The van der Waals surface area contributed by atoms with Gasteiger partial charge in [0.1, 0.15) is 11.9 Å². The van der Waals surface area contributed by atoms with E-state index in [4.69, 9.17) is 8.92 Å². The maximum atomic E-state index is 7.24. The Morgan fingerprint density at radius 3 is 2.62 bits per heavy atom. The lowest BCUT2D eigenvalue weighted by Gasteiger charge is -2.52. The van der Waals surface area contributed by atoms with Crippen molar-refractivity contribution in [2.45, 2.75) is 36.8 Å². The van der Waals surface area contributed by atoms with Crippen molar-refractivity contribution >= 4 is 21.2 Å². The SMILES string of the molecule is C=CC1CN2CCC1CC2[C@H](OS(C)(C)c1ccc(C)cc1)c1ccnc2ccc(OC)cc12. The number of hydrogen-bond donors (Lipinski definition) is 0. The van der Waals surface area contributed by atoms with Crippen molar-refractivity contribution in [3.63, 3.8) is 0 Å². The van der Waals surface area contributed by atoms with Crippen LogP contribution in [0, 0.1) is 18.8 Å². The van der Waals surface area contributed by atoms with E-state index >= 15 is 0 Å². The number of aromatic nitrogens is 1. The number of aryl methyl sites for hydroxylation is 1. The Bertz CT molecular complexity index is 1180. The van der Waals surface area contributed by atoms with Crippen LogP contribution in [-0.4, -0.2) is 48.6 Å². The summed E-state index contributed by atoms with van der Waals surface area (Å²) in [5.41, 5.74) is 3.47. The number of fused-ring (bicyclic) bond motifs is 4. The number of pyridine rings is 1. The minimum absolute atomic E-state index is 0.0440. The van der Waals surface area contributed by atoms with E-state index in [1.807, 2.05) is 18.3 Å². The summed E-state index contributed by atoms with van der Waals surface area (Å²) in [5, 5.41) is 1.12. The van der Waals surface area contributed by atoms with Crippen molar-refractivity contribution in [1.29, 1.82) is 0 Å². The van der Waals surface area contributed by atoms with Crippen LogP contribution in [0.1, 0.15) is 30.1 Å². The van der Waals surface area contributed by atoms with Crippen molar-refractivity contribution in [3.8, 4) is 5.75 Å². The molecule has 2 bridgehead atoms. The van der Waals surface area contributed by atoms with E-state index in [-0.39, 0.29) is 6.10 Å². The Labute approximate surface area is 205 Å². The van der Waals surface area contributed by atoms with Crippen LogP contribution in [0.4, 0.5) is 0 Å². The third-order valence-corrected chi connectivity index (χ3v) is 9.82. The maximum absolute atomic E-state index is 7.24. The monoisotopic (exact) mass is 476 g/mol. The summed E-state index contributed by atoms with van der Waals surface area (Å²) in [4.78, 5) is 8.58. The van der Waals surface area contributed by atoms with Gasteiger partial charge in [-0.1, -0.05) is 23.8 Å². The van der Waals surface area contributed by atoms with Gasteiger partial charge in [0.25, 0.3) is 0 Å². The number of rotatable bonds is 7. The fourth-order valence-electron chi connectivity index (χ4n) is 5.72. The quantitative estimate of drug-likeness (QED) is 0.363. The summed E-state index contributed by atoms with van der Waals surface area (Å²) in [6, 6.07) is 17.5. The highest BCUT2D eigenvalue weighted by Crippen LogP contribution is 2.56. The molecule has 0 amide bonds. The molecule has 0 saturated carbocycles. The highest BCUT2D eigenvalue weighted by Gasteiger charge is 2.44. The summed E-state index contributed by atoms with van der Waals surface area (Å²) in [5.74, 6) is 2.11. The average Bonchev–Trinajstić information content (AvgIpc) is 2.87. The molecule has 3 aliphatic rings. The molecule has 6 rings (SSSR count). The standard InChI is InChI=1S/C29H36N2O2S/c1-6-21-19-31-16-14-22(21)17-28(31)29(33-34(4,5)24-10-7-20(2)8-11-24)25-13-15-30-27-12-9-23(32-3)18-26(25)27/h6-13,15,18,21-22,28-29H,1,14,16-17,19H2,2-5H3/t21?,22?,28?,29-/m1/s1. The largest absolute Gasteiger partial charge is 0.497 e. The lowest BCUT2D eigenvalue weighted by atomic mass is 9.73. The summed E-state index contributed by atoms with van der Waals surface area (Å²) in [6.07, 6.45) is 11.0. The molecule has 5 heteroatoms. The van der Waals surface area contributed by atoms with E-state index in [0.29, 0.717) is 17.9 Å². The predicted molar refractivity (Wildman–Crippen MR) is 143 cm³/mol. The van der Waals surface area contributed by atoms with Gasteiger partial charge in [-0.3, -0.25) is 9.88 Å². The fourth-order valence-corrected chi connectivity index (χ4v) is 7.37. The lowest BCUT2D eigenvalue weighted by Crippen LogP contribution is -2.55. The first-order chi connectivity index (χ1) is 16.4. The lowest BCUT2D eigenvalue weighted by molar-refractivity contribution is -0.0318. The van der Waals surface area contributed by atoms with Crippen LogP contribution in [0.3, 0.4) is 0 Å². The Morgan fingerprint density at radius 1 is 1.15 bits per heavy atom. The number of benzene rings is 2. The number of methoxy groups -OCH3 is 1. The first-order valence-electron chi connectivity index (χ1n) is 12.2. The molecule has 4 nitrogen and oxygen atoms in total. The zero-order chi connectivity index (χ0) is 23.9. The first kappa shape index (κ1) is 23.4. The second kappa shape index (κ2) is 9.37. The predicted octanol–water partition coefficient (Wildman–Crippen LogP) is 6.54. The minimum atomic E-state index is -1.49. The molecule has 4 heterocycles. The molecule has 3 aliphatic heterocycles. The highest BCUT2D eigenvalue weighted by atomic mass is 32.3. The van der Waals surface area contributed by atoms with Gasteiger partial charge in [-0.2, -0.15) is 0 Å². The van der Waals surface area contributed by atoms with Crippen LogP contribution < -0.4 is 4.74 Å². The van der Waals surface area contributed by atoms with Crippen molar-refractivity contribution in [1.82, 2.24) is 9.88 Å². The van der Waals surface area contributed by atoms with E-state index in [1.165, 1.54) is 22.4 Å². The van der Waals surface area contributed by atoms with E-state index in [2.05, 4.69) is 78.4 Å². The number of nitrogens with zero attached hydrogens (tertiary/aromatic N) is 2. The number of ether oxygens (including phenoxy) is 1. The van der Waals surface area contributed by atoms with Gasteiger partial charge >= 0.3 is 0 Å².